The van der Waals surface area contributed by atoms with Crippen molar-refractivity contribution in [3.63, 3.8) is 0 Å². The molecule has 2 N–H and O–H groups in total. The topological polar surface area (TPSA) is 85.8 Å². The van der Waals surface area contributed by atoms with Gasteiger partial charge in [-0.1, -0.05) is 82.3 Å². The third-order valence-electron chi connectivity index (χ3n) is 9.95. The van der Waals surface area contributed by atoms with Crippen LogP contribution < -0.4 is 10.2 Å². The van der Waals surface area contributed by atoms with Crippen LogP contribution in [0.3, 0.4) is 0 Å². The van der Waals surface area contributed by atoms with Gasteiger partial charge in [-0.15, -0.1) is 11.3 Å². The summed E-state index contributed by atoms with van der Waals surface area (Å²) in [5.74, 6) is 0.128. The van der Waals surface area contributed by atoms with Crippen LogP contribution in [-0.2, 0) is 13.1 Å². The third kappa shape index (κ3) is 10.2. The van der Waals surface area contributed by atoms with Crippen LogP contribution in [-0.4, -0.2) is 39.6 Å². The highest BCUT2D eigenvalue weighted by atomic mass is 32.1. The van der Waals surface area contributed by atoms with Crippen molar-refractivity contribution in [2.24, 2.45) is 5.92 Å². The Balaban J connectivity index is 1.25. The van der Waals surface area contributed by atoms with E-state index in [1.165, 1.54) is 73.9 Å². The highest BCUT2D eigenvalue weighted by molar-refractivity contribution is 7.09. The summed E-state index contributed by atoms with van der Waals surface area (Å²) >= 11 is 1.58. The predicted octanol–water partition coefficient (Wildman–Crippen LogP) is 11.2. The van der Waals surface area contributed by atoms with Crippen LogP contribution >= 0.6 is 11.3 Å². The lowest BCUT2D eigenvalue weighted by molar-refractivity contribution is 0.0697. The number of nitrogens with zero attached hydrogens (tertiary/aromatic N) is 3. The number of hydrogen-bond acceptors (Lipinski definition) is 5. The summed E-state index contributed by atoms with van der Waals surface area (Å²) in [5.41, 5.74) is 6.72. The molecule has 0 saturated heterocycles. The lowest BCUT2D eigenvalue weighted by atomic mass is 9.89. The van der Waals surface area contributed by atoms with E-state index in [1.807, 2.05) is 4.90 Å². The highest BCUT2D eigenvalue weighted by Crippen LogP contribution is 2.31. The molecule has 266 valence electrons. The van der Waals surface area contributed by atoms with E-state index in [0.717, 1.165) is 35.7 Å². The number of hydrogen-bond donors (Lipinski definition) is 2. The number of thiazole rings is 1. The molecule has 1 aliphatic carbocycles. The summed E-state index contributed by atoms with van der Waals surface area (Å²) in [4.78, 5) is 34.1. The Labute approximate surface area is 302 Å². The van der Waals surface area contributed by atoms with Crippen molar-refractivity contribution in [3.05, 3.63) is 99.9 Å². The van der Waals surface area contributed by atoms with E-state index in [9.17, 15) is 14.7 Å². The van der Waals surface area contributed by atoms with E-state index in [1.54, 1.807) is 23.5 Å². The van der Waals surface area contributed by atoms with Gasteiger partial charge >= 0.3 is 12.0 Å². The molecular formula is C42H54N4O3S. The highest BCUT2D eigenvalue weighted by Gasteiger charge is 2.23. The van der Waals surface area contributed by atoms with Crippen LogP contribution in [0, 0.1) is 5.92 Å². The van der Waals surface area contributed by atoms with E-state index in [0.29, 0.717) is 36.7 Å². The number of aromatic carboxylic acids is 1. The third-order valence-corrected chi connectivity index (χ3v) is 10.8. The lowest BCUT2D eigenvalue weighted by Gasteiger charge is -2.30. The van der Waals surface area contributed by atoms with Crippen molar-refractivity contribution in [2.45, 2.75) is 111 Å². The Kier molecular flexibility index (Phi) is 13.5. The molecule has 0 aliphatic heterocycles. The second-order valence-electron chi connectivity index (χ2n) is 14.1. The monoisotopic (exact) mass is 694 g/mol. The van der Waals surface area contributed by atoms with Gasteiger partial charge in [0, 0.05) is 41.4 Å². The van der Waals surface area contributed by atoms with Crippen LogP contribution in [0.25, 0.3) is 11.3 Å². The average Bonchev–Trinajstić information content (AvgIpc) is 3.60. The summed E-state index contributed by atoms with van der Waals surface area (Å²) in [6, 6.07) is 24.5. The molecule has 1 saturated carbocycles. The molecule has 7 nitrogen and oxygen atoms in total. The van der Waals surface area contributed by atoms with Crippen molar-refractivity contribution in [1.82, 2.24) is 9.88 Å². The Morgan fingerprint density at radius 3 is 2.14 bits per heavy atom. The van der Waals surface area contributed by atoms with Crippen molar-refractivity contribution in [3.8, 4) is 11.3 Å². The zero-order chi connectivity index (χ0) is 35.5. The normalized spacial score (nSPS) is 13.5. The molecule has 2 amide bonds. The molecule has 0 spiro atoms. The molecule has 0 atom stereocenters. The van der Waals surface area contributed by atoms with Crippen LogP contribution in [0.1, 0.15) is 118 Å². The number of carboxylic acid groups (broad SMARTS) is 1. The molecule has 0 radical (unpaired) electrons. The number of benzene rings is 3. The van der Waals surface area contributed by atoms with Crippen molar-refractivity contribution < 1.29 is 14.7 Å². The van der Waals surface area contributed by atoms with Gasteiger partial charge in [-0.3, -0.25) is 0 Å². The fourth-order valence-electron chi connectivity index (χ4n) is 7.14. The SMILES string of the molecule is CCCC(CCC)c1ccc(N(Cc2ccc(-c3csc(CN(CC4CCCCC4)C(=O)Nc4ccc(C(=O)O)cc4)n3)cc2)C(C)C)cc1. The molecule has 3 aromatic carbocycles. The first-order valence-electron chi connectivity index (χ1n) is 18.5. The number of carboxylic acids is 1. The van der Waals surface area contributed by atoms with Gasteiger partial charge in [0.1, 0.15) is 5.01 Å². The smallest absolute Gasteiger partial charge is 0.335 e. The first kappa shape index (κ1) is 37.1. The Morgan fingerprint density at radius 1 is 0.880 bits per heavy atom. The van der Waals surface area contributed by atoms with E-state index in [2.05, 4.69) is 91.8 Å². The van der Waals surface area contributed by atoms with Crippen molar-refractivity contribution in [1.29, 1.82) is 0 Å². The van der Waals surface area contributed by atoms with Crippen LogP contribution in [0.5, 0.6) is 0 Å². The molecular weight excluding hydrogens is 641 g/mol. The number of amides is 2. The minimum absolute atomic E-state index is 0.189. The molecule has 1 heterocycles. The quantitative estimate of drug-likeness (QED) is 0.122. The standard InChI is InChI=1S/C42H54N4O3S/c1-5-10-33(11-6-2)34-20-24-38(25-21-34)46(30(3)4)27-32-14-16-35(17-15-32)39-29-50-40(44-39)28-45(26-31-12-8-7-9-13-31)42(49)43-37-22-18-36(19-23-37)41(47)48/h14-25,29-31,33H,5-13,26-28H2,1-4H3,(H,43,49)(H,47,48). The number of nitrogens with one attached hydrogen (secondary N) is 1. The van der Waals surface area contributed by atoms with Gasteiger partial charge in [-0.25, -0.2) is 14.6 Å². The first-order chi connectivity index (χ1) is 24.2. The average molecular weight is 695 g/mol. The van der Waals surface area contributed by atoms with E-state index in [4.69, 9.17) is 4.98 Å². The minimum atomic E-state index is -0.989. The fraction of sp³-hybridized carbons (Fsp3) is 0.452. The van der Waals surface area contributed by atoms with Gasteiger partial charge in [0.15, 0.2) is 0 Å². The van der Waals surface area contributed by atoms with Crippen LogP contribution in [0.4, 0.5) is 16.2 Å². The van der Waals surface area contributed by atoms with Gasteiger partial charge in [-0.2, -0.15) is 0 Å². The van der Waals surface area contributed by atoms with Gasteiger partial charge in [0.25, 0.3) is 0 Å². The summed E-state index contributed by atoms with van der Waals surface area (Å²) in [6.07, 6.45) is 10.8. The van der Waals surface area contributed by atoms with E-state index >= 15 is 0 Å². The van der Waals surface area contributed by atoms with E-state index < -0.39 is 5.97 Å². The number of aromatic nitrogens is 1. The van der Waals surface area contributed by atoms with Gasteiger partial charge in [-0.05, 0) is 98.9 Å². The molecule has 5 rings (SSSR count). The molecule has 4 aromatic rings. The molecule has 1 aliphatic rings. The molecule has 0 bridgehead atoms. The van der Waals surface area contributed by atoms with Crippen molar-refractivity contribution in [2.75, 3.05) is 16.8 Å². The summed E-state index contributed by atoms with van der Waals surface area (Å²) < 4.78 is 0. The zero-order valence-corrected chi connectivity index (χ0v) is 31.1. The second kappa shape index (κ2) is 18.2. The predicted molar refractivity (Wildman–Crippen MR) is 207 cm³/mol. The van der Waals surface area contributed by atoms with E-state index in [-0.39, 0.29) is 11.6 Å². The Bertz CT molecular complexity index is 1640. The molecule has 50 heavy (non-hydrogen) atoms. The molecule has 1 aromatic heterocycles. The maximum absolute atomic E-state index is 13.5. The number of urea groups is 1. The summed E-state index contributed by atoms with van der Waals surface area (Å²) in [7, 11) is 0. The Morgan fingerprint density at radius 2 is 1.54 bits per heavy atom. The summed E-state index contributed by atoms with van der Waals surface area (Å²) in [5, 5.41) is 15.2. The Hall–Kier alpha value is -4.17. The fourth-order valence-corrected chi connectivity index (χ4v) is 7.96. The van der Waals surface area contributed by atoms with Crippen LogP contribution in [0.15, 0.2) is 78.2 Å². The number of carbonyl (C=O) groups excluding carboxylic acids is 1. The van der Waals surface area contributed by atoms with Gasteiger partial charge in [0.05, 0.1) is 17.8 Å². The number of rotatable bonds is 16. The second-order valence-corrected chi connectivity index (χ2v) is 15.1. The summed E-state index contributed by atoms with van der Waals surface area (Å²) in [6.45, 7) is 11.0. The van der Waals surface area contributed by atoms with Gasteiger partial charge in [0.2, 0.25) is 0 Å². The van der Waals surface area contributed by atoms with Crippen LogP contribution in [0.2, 0.25) is 0 Å². The first-order valence-corrected chi connectivity index (χ1v) is 19.4. The number of anilines is 2. The molecule has 0 unspecified atom stereocenters. The number of carbonyl (C=O) groups is 2. The zero-order valence-electron chi connectivity index (χ0n) is 30.2. The minimum Gasteiger partial charge on any atom is -0.478 e. The maximum Gasteiger partial charge on any atom is 0.335 e. The maximum atomic E-state index is 13.5. The molecule has 8 heteroatoms. The van der Waals surface area contributed by atoms with Gasteiger partial charge < -0.3 is 20.2 Å². The van der Waals surface area contributed by atoms with Crippen molar-refractivity contribution >= 4 is 34.7 Å². The largest absolute Gasteiger partial charge is 0.478 e. The molecule has 1 fully saturated rings. The lowest BCUT2D eigenvalue weighted by Crippen LogP contribution is -2.38.